The Kier molecular flexibility index (Phi) is 6.03. The van der Waals surface area contributed by atoms with E-state index in [0.29, 0.717) is 0 Å². The molecule has 0 aliphatic rings. The molecule has 0 aliphatic carbocycles. The number of carbonyl (C=O) groups excluding carboxylic acids is 1. The number of carbonyl (C=O) groups is 1. The highest BCUT2D eigenvalue weighted by molar-refractivity contribution is 6.46. The summed E-state index contributed by atoms with van der Waals surface area (Å²) in [6, 6.07) is 0.873. The maximum absolute atomic E-state index is 10.8. The van der Waals surface area contributed by atoms with Gasteiger partial charge in [-0.05, 0) is 20.8 Å². The van der Waals surface area contributed by atoms with Crippen LogP contribution in [-0.2, 0) is 13.6 Å². The van der Waals surface area contributed by atoms with E-state index in [1.807, 2.05) is 20.8 Å². The van der Waals surface area contributed by atoms with Gasteiger partial charge in [0, 0.05) is 13.0 Å². The lowest BCUT2D eigenvalue weighted by atomic mass is 10.2. The molecule has 0 unspecified atom stereocenters. The Morgan fingerprint density at radius 1 is 1.36 bits per heavy atom. The monoisotopic (exact) mass is 217 g/mol. The number of hydrogen-bond acceptors (Lipinski definition) is 3. The summed E-state index contributed by atoms with van der Waals surface area (Å²) in [5.41, 5.74) is -0.225. The second kappa shape index (κ2) is 6.19. The van der Waals surface area contributed by atoms with Crippen LogP contribution in [0.4, 0.5) is 0 Å². The van der Waals surface area contributed by atoms with Crippen molar-refractivity contribution >= 4 is 15.3 Å². The fraction of sp³-hybridized carbons (Fsp3) is 0.900. The standard InChI is InChI=1S/C10H21O3Si/c1-6-7-8-14(12-9(2)11)13-10(3,4)5/h6-8H2,1-5H3. The molecule has 0 rings (SSSR count). The first-order chi connectivity index (χ1) is 6.35. The van der Waals surface area contributed by atoms with E-state index in [9.17, 15) is 4.79 Å². The predicted octanol–water partition coefficient (Wildman–Crippen LogP) is 2.65. The fourth-order valence-electron chi connectivity index (χ4n) is 0.946. The molecule has 0 atom stereocenters. The van der Waals surface area contributed by atoms with Gasteiger partial charge in [-0.15, -0.1) is 0 Å². The lowest BCUT2D eigenvalue weighted by Crippen LogP contribution is -2.34. The minimum Gasteiger partial charge on any atom is -0.492 e. The summed E-state index contributed by atoms with van der Waals surface area (Å²) in [5.74, 6) is -0.237. The van der Waals surface area contributed by atoms with E-state index < -0.39 is 9.28 Å². The molecule has 0 fully saturated rings. The van der Waals surface area contributed by atoms with Gasteiger partial charge in [-0.25, -0.2) is 0 Å². The number of hydrogen-bond donors (Lipinski definition) is 0. The lowest BCUT2D eigenvalue weighted by Gasteiger charge is -2.24. The van der Waals surface area contributed by atoms with Crippen molar-refractivity contribution in [2.75, 3.05) is 0 Å². The molecule has 0 saturated heterocycles. The number of unbranched alkanes of at least 4 members (excludes halogenated alkanes) is 1. The Hall–Kier alpha value is -0.353. The van der Waals surface area contributed by atoms with E-state index in [-0.39, 0.29) is 11.6 Å². The van der Waals surface area contributed by atoms with Crippen molar-refractivity contribution in [3.8, 4) is 0 Å². The van der Waals surface area contributed by atoms with Crippen molar-refractivity contribution in [1.82, 2.24) is 0 Å². The fourth-order valence-corrected chi connectivity index (χ4v) is 2.84. The van der Waals surface area contributed by atoms with Gasteiger partial charge in [0.05, 0.1) is 5.60 Å². The van der Waals surface area contributed by atoms with E-state index >= 15 is 0 Å². The summed E-state index contributed by atoms with van der Waals surface area (Å²) < 4.78 is 10.9. The van der Waals surface area contributed by atoms with E-state index in [2.05, 4.69) is 6.92 Å². The zero-order chi connectivity index (χ0) is 11.2. The van der Waals surface area contributed by atoms with Crippen molar-refractivity contribution in [3.63, 3.8) is 0 Å². The number of rotatable bonds is 5. The first-order valence-corrected chi connectivity index (χ1v) is 6.60. The lowest BCUT2D eigenvalue weighted by molar-refractivity contribution is -0.134. The maximum atomic E-state index is 10.8. The van der Waals surface area contributed by atoms with Gasteiger partial charge >= 0.3 is 9.28 Å². The Bertz CT molecular complexity index is 175. The third kappa shape index (κ3) is 8.25. The van der Waals surface area contributed by atoms with Crippen molar-refractivity contribution < 1.29 is 13.6 Å². The first kappa shape index (κ1) is 13.6. The van der Waals surface area contributed by atoms with Crippen molar-refractivity contribution in [1.29, 1.82) is 0 Å². The average molecular weight is 217 g/mol. The van der Waals surface area contributed by atoms with Crippen LogP contribution in [0.3, 0.4) is 0 Å². The van der Waals surface area contributed by atoms with Crippen LogP contribution in [0.15, 0.2) is 0 Å². The second-order valence-electron chi connectivity index (χ2n) is 4.28. The highest BCUT2D eigenvalue weighted by Crippen LogP contribution is 2.14. The largest absolute Gasteiger partial charge is 0.492 e. The third-order valence-electron chi connectivity index (χ3n) is 1.41. The summed E-state index contributed by atoms with van der Waals surface area (Å²) in [5, 5.41) is 0. The third-order valence-corrected chi connectivity index (χ3v) is 3.53. The van der Waals surface area contributed by atoms with Crippen LogP contribution >= 0.6 is 0 Å². The summed E-state index contributed by atoms with van der Waals surface area (Å²) in [6.07, 6.45) is 2.15. The molecule has 3 nitrogen and oxygen atoms in total. The molecular formula is C10H21O3Si. The zero-order valence-corrected chi connectivity index (χ0v) is 10.8. The molecule has 0 bridgehead atoms. The van der Waals surface area contributed by atoms with Crippen LogP contribution in [0.1, 0.15) is 47.5 Å². The minimum atomic E-state index is -1.41. The van der Waals surface area contributed by atoms with E-state index in [4.69, 9.17) is 8.85 Å². The summed E-state index contributed by atoms with van der Waals surface area (Å²) in [7, 11) is -1.41. The molecule has 14 heavy (non-hydrogen) atoms. The summed E-state index contributed by atoms with van der Waals surface area (Å²) in [4.78, 5) is 10.8. The molecule has 83 valence electrons. The zero-order valence-electron chi connectivity index (χ0n) is 9.85. The molecule has 0 aliphatic heterocycles. The van der Waals surface area contributed by atoms with E-state index in [0.717, 1.165) is 18.9 Å². The van der Waals surface area contributed by atoms with E-state index in [1.165, 1.54) is 6.92 Å². The molecule has 4 heteroatoms. The van der Waals surface area contributed by atoms with Gasteiger partial charge < -0.3 is 8.85 Å². The summed E-state index contributed by atoms with van der Waals surface area (Å²) >= 11 is 0. The van der Waals surface area contributed by atoms with E-state index in [1.54, 1.807) is 0 Å². The van der Waals surface area contributed by atoms with Crippen molar-refractivity contribution in [2.24, 2.45) is 0 Å². The molecule has 0 aromatic rings. The molecule has 0 N–H and O–H groups in total. The van der Waals surface area contributed by atoms with Gasteiger partial charge in [0.25, 0.3) is 5.97 Å². The van der Waals surface area contributed by atoms with Gasteiger partial charge in [-0.2, -0.15) is 0 Å². The van der Waals surface area contributed by atoms with Gasteiger partial charge in [0.1, 0.15) is 0 Å². The van der Waals surface area contributed by atoms with Crippen LogP contribution < -0.4 is 0 Å². The Morgan fingerprint density at radius 2 is 1.93 bits per heavy atom. The first-order valence-electron chi connectivity index (χ1n) is 5.08. The van der Waals surface area contributed by atoms with Crippen molar-refractivity contribution in [3.05, 3.63) is 0 Å². The molecular weight excluding hydrogens is 196 g/mol. The Morgan fingerprint density at radius 3 is 2.29 bits per heavy atom. The van der Waals surface area contributed by atoms with Gasteiger partial charge in [0.15, 0.2) is 0 Å². The van der Waals surface area contributed by atoms with Gasteiger partial charge in [0.2, 0.25) is 0 Å². The smallest absolute Gasteiger partial charge is 0.460 e. The molecule has 0 saturated carbocycles. The van der Waals surface area contributed by atoms with Crippen LogP contribution in [0.5, 0.6) is 0 Å². The molecule has 0 spiro atoms. The predicted molar refractivity (Wildman–Crippen MR) is 58.1 cm³/mol. The van der Waals surface area contributed by atoms with Crippen LogP contribution in [0.2, 0.25) is 6.04 Å². The maximum Gasteiger partial charge on any atom is 0.460 e. The SMILES string of the molecule is CCCC[Si](OC(C)=O)OC(C)(C)C. The second-order valence-corrected chi connectivity index (χ2v) is 5.94. The average Bonchev–Trinajstić information content (AvgIpc) is 1.96. The van der Waals surface area contributed by atoms with Crippen LogP contribution in [-0.4, -0.2) is 20.9 Å². The van der Waals surface area contributed by atoms with Gasteiger partial charge in [-0.3, -0.25) is 4.79 Å². The molecule has 1 radical (unpaired) electrons. The topological polar surface area (TPSA) is 35.5 Å². The Labute approximate surface area is 88.6 Å². The molecule has 0 aromatic carbocycles. The highest BCUT2D eigenvalue weighted by Gasteiger charge is 2.25. The van der Waals surface area contributed by atoms with Crippen LogP contribution in [0, 0.1) is 0 Å². The highest BCUT2D eigenvalue weighted by atomic mass is 28.3. The summed E-state index contributed by atoms with van der Waals surface area (Å²) in [6.45, 7) is 9.49. The normalized spacial score (nSPS) is 11.9. The molecule has 0 aromatic heterocycles. The Balaban J connectivity index is 4.03. The molecule has 0 amide bonds. The minimum absolute atomic E-state index is 0.225. The van der Waals surface area contributed by atoms with Crippen LogP contribution in [0.25, 0.3) is 0 Å². The van der Waals surface area contributed by atoms with Crippen molar-refractivity contribution in [2.45, 2.75) is 59.1 Å². The quantitative estimate of drug-likeness (QED) is 0.664. The van der Waals surface area contributed by atoms with Gasteiger partial charge in [-0.1, -0.05) is 19.8 Å². The molecule has 0 heterocycles.